The van der Waals surface area contributed by atoms with E-state index in [4.69, 9.17) is 0 Å². The summed E-state index contributed by atoms with van der Waals surface area (Å²) in [5, 5.41) is 0. The molecule has 4 unspecified atom stereocenters. The van der Waals surface area contributed by atoms with Crippen molar-refractivity contribution in [2.24, 2.45) is 35.5 Å². The number of hydrogen-bond acceptors (Lipinski definition) is 0. The van der Waals surface area contributed by atoms with Gasteiger partial charge in [0.25, 0.3) is 0 Å². The highest BCUT2D eigenvalue weighted by Gasteiger charge is 2.46. The molecule has 2 rings (SSSR count). The topological polar surface area (TPSA) is 3.01 Å². The Labute approximate surface area is 199 Å². The van der Waals surface area contributed by atoms with Gasteiger partial charge < -0.3 is 0 Å². The van der Waals surface area contributed by atoms with E-state index in [1.165, 1.54) is 29.7 Å². The van der Waals surface area contributed by atoms with Crippen molar-refractivity contribution in [1.29, 1.82) is 0 Å². The number of rotatable bonds is 11. The zero-order valence-electron chi connectivity index (χ0n) is 22.1. The van der Waals surface area contributed by atoms with Crippen LogP contribution in [0.3, 0.4) is 0 Å². The molecule has 1 saturated carbocycles. The molecule has 0 aromatic heterocycles. The third-order valence-electron chi connectivity index (χ3n) is 8.27. The van der Waals surface area contributed by atoms with Gasteiger partial charge in [-0.1, -0.05) is 90.4 Å². The molecule has 0 bridgehead atoms. The van der Waals surface area contributed by atoms with E-state index in [2.05, 4.69) is 110 Å². The highest BCUT2D eigenvalue weighted by molar-refractivity contribution is 5.82. The predicted octanol–water partition coefficient (Wildman–Crippen LogP) is 8.33. The van der Waals surface area contributed by atoms with Crippen LogP contribution in [0.4, 0.5) is 0 Å². The van der Waals surface area contributed by atoms with Crippen LogP contribution in [0.15, 0.2) is 65.9 Å². The SMILES string of the molecule is C=C(C)C(C=[N+](C)C(=C)C1C(C)C(C)C1C)=C(C(C)CC)C(CCC)Cc1ccccc1. The fourth-order valence-electron chi connectivity index (χ4n) is 5.74. The van der Waals surface area contributed by atoms with Crippen molar-refractivity contribution in [1.82, 2.24) is 0 Å². The van der Waals surface area contributed by atoms with Gasteiger partial charge in [0.1, 0.15) is 7.05 Å². The zero-order valence-corrected chi connectivity index (χ0v) is 22.1. The van der Waals surface area contributed by atoms with Gasteiger partial charge in [-0.15, -0.1) is 0 Å². The summed E-state index contributed by atoms with van der Waals surface area (Å²) >= 11 is 0. The average molecular weight is 435 g/mol. The molecule has 32 heavy (non-hydrogen) atoms. The second-order valence-corrected chi connectivity index (χ2v) is 10.5. The van der Waals surface area contributed by atoms with E-state index in [0.29, 0.717) is 29.6 Å². The Kier molecular flexibility index (Phi) is 9.74. The van der Waals surface area contributed by atoms with E-state index in [0.717, 1.165) is 24.3 Å². The first-order valence-electron chi connectivity index (χ1n) is 12.8. The highest BCUT2D eigenvalue weighted by atomic mass is 15.0. The van der Waals surface area contributed by atoms with Crippen molar-refractivity contribution in [2.75, 3.05) is 7.05 Å². The van der Waals surface area contributed by atoms with Crippen LogP contribution in [-0.2, 0) is 6.42 Å². The quantitative estimate of drug-likeness (QED) is 0.187. The van der Waals surface area contributed by atoms with Crippen molar-refractivity contribution in [3.8, 4) is 0 Å². The first-order chi connectivity index (χ1) is 15.1. The Bertz CT molecular complexity index is 830. The van der Waals surface area contributed by atoms with Crippen LogP contribution in [0.5, 0.6) is 0 Å². The monoisotopic (exact) mass is 434 g/mol. The van der Waals surface area contributed by atoms with Crippen LogP contribution in [-0.4, -0.2) is 17.8 Å². The molecule has 0 N–H and O–H groups in total. The smallest absolute Gasteiger partial charge is 0.177 e. The molecule has 1 aromatic rings. The molecule has 1 nitrogen and oxygen atoms in total. The van der Waals surface area contributed by atoms with E-state index in [9.17, 15) is 0 Å². The molecule has 1 aliphatic carbocycles. The lowest BCUT2D eigenvalue weighted by Crippen LogP contribution is -2.44. The van der Waals surface area contributed by atoms with Gasteiger partial charge in [0.2, 0.25) is 0 Å². The molecule has 0 heterocycles. The van der Waals surface area contributed by atoms with E-state index in [-0.39, 0.29) is 0 Å². The molecule has 4 atom stereocenters. The summed E-state index contributed by atoms with van der Waals surface area (Å²) in [5.41, 5.74) is 6.76. The maximum atomic E-state index is 4.54. The lowest BCUT2D eigenvalue weighted by molar-refractivity contribution is -0.453. The van der Waals surface area contributed by atoms with E-state index >= 15 is 0 Å². The minimum absolute atomic E-state index is 0.529. The Morgan fingerprint density at radius 1 is 1.03 bits per heavy atom. The summed E-state index contributed by atoms with van der Waals surface area (Å²) in [7, 11) is 2.19. The van der Waals surface area contributed by atoms with Crippen LogP contribution in [0.25, 0.3) is 0 Å². The lowest BCUT2D eigenvalue weighted by atomic mass is 9.58. The largest absolute Gasteiger partial charge is 0.205 e. The summed E-state index contributed by atoms with van der Waals surface area (Å²) in [4.78, 5) is 0. The lowest BCUT2D eigenvalue weighted by Gasteiger charge is -2.46. The summed E-state index contributed by atoms with van der Waals surface area (Å²) in [6.45, 7) is 25.3. The van der Waals surface area contributed by atoms with Crippen LogP contribution < -0.4 is 0 Å². The Balaban J connectivity index is 2.51. The van der Waals surface area contributed by atoms with Crippen molar-refractivity contribution < 1.29 is 4.58 Å². The molecule has 1 aromatic carbocycles. The van der Waals surface area contributed by atoms with Crippen LogP contribution in [0, 0.1) is 35.5 Å². The van der Waals surface area contributed by atoms with Gasteiger partial charge in [0, 0.05) is 11.5 Å². The molecule has 1 fully saturated rings. The van der Waals surface area contributed by atoms with Crippen LogP contribution in [0.1, 0.15) is 73.3 Å². The van der Waals surface area contributed by atoms with Crippen molar-refractivity contribution in [3.05, 3.63) is 71.5 Å². The first kappa shape index (κ1) is 26.4. The summed E-state index contributed by atoms with van der Waals surface area (Å²) in [6, 6.07) is 11.0. The normalized spacial score (nSPS) is 26.1. The van der Waals surface area contributed by atoms with Gasteiger partial charge in [-0.2, -0.15) is 0 Å². The maximum absolute atomic E-state index is 4.54. The molecule has 1 heteroatoms. The molecule has 1 aliphatic rings. The van der Waals surface area contributed by atoms with Crippen molar-refractivity contribution in [3.63, 3.8) is 0 Å². The Morgan fingerprint density at radius 2 is 1.62 bits per heavy atom. The fraction of sp³-hybridized carbons (Fsp3) is 0.581. The minimum Gasteiger partial charge on any atom is -0.205 e. The van der Waals surface area contributed by atoms with Gasteiger partial charge in [0.15, 0.2) is 11.9 Å². The second-order valence-electron chi connectivity index (χ2n) is 10.5. The molecule has 0 aliphatic heterocycles. The first-order valence-corrected chi connectivity index (χ1v) is 12.8. The van der Waals surface area contributed by atoms with Gasteiger partial charge in [-0.25, -0.2) is 4.58 Å². The third kappa shape index (κ3) is 5.91. The predicted molar refractivity (Wildman–Crippen MR) is 142 cm³/mol. The maximum Gasteiger partial charge on any atom is 0.177 e. The molecular formula is C31H48N+. The Hall–Kier alpha value is -1.89. The van der Waals surface area contributed by atoms with Crippen molar-refractivity contribution >= 4 is 6.21 Å². The molecule has 0 radical (unpaired) electrons. The average Bonchev–Trinajstić information content (AvgIpc) is 2.78. The number of benzene rings is 1. The summed E-state index contributed by atoms with van der Waals surface area (Å²) in [5.74, 6) is 3.80. The summed E-state index contributed by atoms with van der Waals surface area (Å²) < 4.78 is 2.31. The van der Waals surface area contributed by atoms with E-state index < -0.39 is 0 Å². The zero-order chi connectivity index (χ0) is 24.0. The van der Waals surface area contributed by atoms with Crippen molar-refractivity contribution in [2.45, 2.75) is 74.1 Å². The summed E-state index contributed by atoms with van der Waals surface area (Å²) in [6.07, 6.45) is 6.99. The van der Waals surface area contributed by atoms with Gasteiger partial charge in [-0.3, -0.25) is 0 Å². The molecule has 0 saturated heterocycles. The fourth-order valence-corrected chi connectivity index (χ4v) is 5.74. The van der Waals surface area contributed by atoms with E-state index in [1.54, 1.807) is 5.57 Å². The van der Waals surface area contributed by atoms with Gasteiger partial charge in [-0.05, 0) is 73.5 Å². The number of nitrogens with zero attached hydrogens (tertiary/aromatic N) is 1. The minimum atomic E-state index is 0.529. The number of allylic oxidation sites excluding steroid dienone is 4. The van der Waals surface area contributed by atoms with E-state index in [1.807, 2.05) is 0 Å². The standard InChI is InChI=1S/C31H48N/c1-11-16-28(19-27-17-14-13-15-18-27)30(22(5)12-2)29(21(3)4)20-32(10)26(9)31-24(7)23(6)25(31)8/h13-15,17-18,20,22-25,28,31H,3,9,11-12,16,19H2,1-2,4-8,10H3/q+1. The number of hydrogen-bond donors (Lipinski definition) is 0. The van der Waals surface area contributed by atoms with Crippen LogP contribution >= 0.6 is 0 Å². The molecule has 176 valence electrons. The van der Waals surface area contributed by atoms with Gasteiger partial charge in [0.05, 0.1) is 0 Å². The third-order valence-corrected chi connectivity index (χ3v) is 8.27. The highest BCUT2D eigenvalue weighted by Crippen LogP contribution is 2.48. The molecule has 0 amide bonds. The Morgan fingerprint density at radius 3 is 2.12 bits per heavy atom. The van der Waals surface area contributed by atoms with Crippen LogP contribution in [0.2, 0.25) is 0 Å². The second kappa shape index (κ2) is 11.8. The molecular weight excluding hydrogens is 386 g/mol. The van der Waals surface area contributed by atoms with Gasteiger partial charge >= 0.3 is 0 Å². The molecule has 0 spiro atoms.